The van der Waals surface area contributed by atoms with Crippen molar-refractivity contribution in [2.24, 2.45) is 0 Å². The molecule has 0 amide bonds. The highest BCUT2D eigenvalue weighted by molar-refractivity contribution is 5.70. The molecule has 0 aliphatic carbocycles. The Hall–Kier alpha value is -2.82. The van der Waals surface area contributed by atoms with E-state index in [1.54, 1.807) is 0 Å². The Bertz CT molecular complexity index is 1020. The van der Waals surface area contributed by atoms with Crippen molar-refractivity contribution in [2.45, 2.75) is 200 Å². The fourth-order valence-electron chi connectivity index (χ4n) is 6.20. The third-order valence-corrected chi connectivity index (χ3v) is 9.51. The maximum atomic E-state index is 12.7. The zero-order valence-corrected chi connectivity index (χ0v) is 33.8. The van der Waals surface area contributed by atoms with Gasteiger partial charge in [-0.3, -0.25) is 9.59 Å². The molecule has 0 heterocycles. The molecule has 0 spiro atoms. The Labute approximate surface area is 320 Å². The molecular weight excluding hydrogens is 643 g/mol. The van der Waals surface area contributed by atoms with E-state index in [1.165, 1.54) is 103 Å². The molecule has 1 rings (SSSR count). The lowest BCUT2D eigenvalue weighted by Gasteiger charge is -2.19. The van der Waals surface area contributed by atoms with Crippen LogP contribution in [-0.2, 0) is 19.1 Å². The molecule has 1 aromatic rings. The van der Waals surface area contributed by atoms with Crippen LogP contribution in [0, 0.1) is 0 Å². The lowest BCUT2D eigenvalue weighted by Crippen LogP contribution is -2.31. The number of carbonyl (C=O) groups is 2. The summed E-state index contributed by atoms with van der Waals surface area (Å²) in [7, 11) is 0. The summed E-state index contributed by atoms with van der Waals surface area (Å²) < 4.78 is 11.4. The number of hydrogen-bond acceptors (Lipinski definition) is 5. The van der Waals surface area contributed by atoms with Crippen LogP contribution in [-0.4, -0.2) is 31.2 Å². The maximum Gasteiger partial charge on any atom is 0.306 e. The van der Waals surface area contributed by atoms with Gasteiger partial charge in [-0.15, -0.1) is 0 Å². The number of esters is 2. The Kier molecular flexibility index (Phi) is 34.4. The molecule has 0 bridgehead atoms. The van der Waals surface area contributed by atoms with Crippen LogP contribution in [0.15, 0.2) is 66.8 Å². The van der Waals surface area contributed by atoms with Crippen LogP contribution in [0.3, 0.4) is 0 Å². The van der Waals surface area contributed by atoms with Gasteiger partial charge in [-0.2, -0.15) is 0 Å². The van der Waals surface area contributed by atoms with Crippen molar-refractivity contribution in [1.82, 2.24) is 0 Å². The average Bonchev–Trinajstić information content (AvgIpc) is 3.16. The van der Waals surface area contributed by atoms with Crippen LogP contribution in [0.5, 0.6) is 0 Å². The molecule has 0 aromatic heterocycles. The molecule has 5 nitrogen and oxygen atoms in total. The number of carbonyl (C=O) groups excluding carboxylic acids is 2. The van der Waals surface area contributed by atoms with Crippen LogP contribution in [0.1, 0.15) is 194 Å². The van der Waals surface area contributed by atoms with Gasteiger partial charge in [0.25, 0.3) is 0 Å². The highest BCUT2D eigenvalue weighted by Gasteiger charge is 2.17. The molecule has 1 aromatic carbocycles. The summed E-state index contributed by atoms with van der Waals surface area (Å²) in [6.45, 7) is 5.00. The van der Waals surface area contributed by atoms with E-state index < -0.39 is 6.10 Å². The lowest BCUT2D eigenvalue weighted by atomic mass is 10.1. The molecule has 52 heavy (non-hydrogen) atoms. The van der Waals surface area contributed by atoms with Crippen LogP contribution in [0.25, 0.3) is 0 Å². The summed E-state index contributed by atoms with van der Waals surface area (Å²) >= 11 is 0. The molecule has 296 valence electrons. The van der Waals surface area contributed by atoms with Gasteiger partial charge in [0.15, 0.2) is 6.10 Å². The minimum atomic E-state index is -0.516. The summed E-state index contributed by atoms with van der Waals surface area (Å²) in [6, 6.07) is 9.83. The first-order valence-corrected chi connectivity index (χ1v) is 21.7. The van der Waals surface area contributed by atoms with E-state index >= 15 is 0 Å². The monoisotopic (exact) mass is 722 g/mol. The zero-order valence-electron chi connectivity index (χ0n) is 33.8. The van der Waals surface area contributed by atoms with Gasteiger partial charge >= 0.3 is 11.9 Å². The van der Waals surface area contributed by atoms with Crippen LogP contribution in [0.2, 0.25) is 0 Å². The molecule has 0 aliphatic heterocycles. The third kappa shape index (κ3) is 33.0. The summed E-state index contributed by atoms with van der Waals surface area (Å²) in [4.78, 5) is 25.2. The molecular formula is C47H79NO4. The molecule has 0 saturated carbocycles. The standard InChI is InChI=1S/C47H79NO4/c1-3-5-7-9-11-13-15-17-19-20-22-24-26-28-30-32-37-41-47(50)52-45(42-48-44-38-34-33-35-39-44)43-51-46(49)40-36-31-29-27-25-23-21-18-16-14-12-10-8-6-4-2/h12,14,18,21-22,24,33-35,38-39,45,48H,3-11,13,15-17,19-20,23,25-32,36-37,40-43H2,1-2H3/b14-12-,21-18-,24-22+. The van der Waals surface area contributed by atoms with Gasteiger partial charge in [0.1, 0.15) is 6.61 Å². The quantitative estimate of drug-likeness (QED) is 0.0421. The van der Waals surface area contributed by atoms with Crippen molar-refractivity contribution in [2.75, 3.05) is 18.5 Å². The number of anilines is 1. The number of benzene rings is 1. The fraction of sp³-hybridized carbons (Fsp3) is 0.702. The number of allylic oxidation sites excluding steroid dienone is 6. The normalized spacial score (nSPS) is 12.3. The second kappa shape index (κ2) is 37.9. The average molecular weight is 722 g/mol. The lowest BCUT2D eigenvalue weighted by molar-refractivity contribution is -0.158. The number of unbranched alkanes of at least 4 members (excludes halogenated alkanes) is 21. The molecule has 0 aliphatic rings. The van der Waals surface area contributed by atoms with E-state index in [0.29, 0.717) is 19.4 Å². The number of rotatable bonds is 37. The van der Waals surface area contributed by atoms with E-state index in [0.717, 1.165) is 69.9 Å². The number of nitrogens with one attached hydrogen (secondary N) is 1. The molecule has 1 unspecified atom stereocenters. The van der Waals surface area contributed by atoms with E-state index in [2.05, 4.69) is 55.6 Å². The van der Waals surface area contributed by atoms with E-state index in [-0.39, 0.29) is 18.5 Å². The van der Waals surface area contributed by atoms with Crippen molar-refractivity contribution >= 4 is 17.6 Å². The minimum Gasteiger partial charge on any atom is -0.462 e. The Morgan fingerprint density at radius 1 is 0.538 bits per heavy atom. The summed E-state index contributed by atoms with van der Waals surface area (Å²) in [6.07, 6.45) is 45.6. The Morgan fingerprint density at radius 3 is 1.50 bits per heavy atom. The summed E-state index contributed by atoms with van der Waals surface area (Å²) in [5.41, 5.74) is 0.947. The van der Waals surface area contributed by atoms with Crippen LogP contribution < -0.4 is 5.32 Å². The van der Waals surface area contributed by atoms with E-state index in [1.807, 2.05) is 30.3 Å². The van der Waals surface area contributed by atoms with Gasteiger partial charge in [-0.1, -0.05) is 165 Å². The highest BCUT2D eigenvalue weighted by atomic mass is 16.6. The Balaban J connectivity index is 2.15. The molecule has 0 saturated heterocycles. The second-order valence-electron chi connectivity index (χ2n) is 14.6. The molecule has 0 radical (unpaired) electrons. The van der Waals surface area contributed by atoms with Crippen molar-refractivity contribution < 1.29 is 19.1 Å². The SMILES string of the molecule is CCCCC/C=C\C/C=C\CCCCCCCC(=O)OCC(CNc1ccccc1)OC(=O)CCCCCC/C=C/CCCCCCCCCCC. The predicted octanol–water partition coefficient (Wildman–Crippen LogP) is 14.2. The second-order valence-corrected chi connectivity index (χ2v) is 14.6. The van der Waals surface area contributed by atoms with E-state index in [4.69, 9.17) is 9.47 Å². The first kappa shape index (κ1) is 47.2. The smallest absolute Gasteiger partial charge is 0.306 e. The fourth-order valence-corrected chi connectivity index (χ4v) is 6.20. The largest absolute Gasteiger partial charge is 0.462 e. The van der Waals surface area contributed by atoms with E-state index in [9.17, 15) is 9.59 Å². The van der Waals surface area contributed by atoms with Crippen LogP contribution >= 0.6 is 0 Å². The maximum absolute atomic E-state index is 12.7. The first-order chi connectivity index (χ1) is 25.7. The number of hydrogen-bond donors (Lipinski definition) is 1. The summed E-state index contributed by atoms with van der Waals surface area (Å²) in [5, 5.41) is 3.32. The van der Waals surface area contributed by atoms with Gasteiger partial charge < -0.3 is 14.8 Å². The van der Waals surface area contributed by atoms with Crippen molar-refractivity contribution in [3.8, 4) is 0 Å². The molecule has 0 fully saturated rings. The Morgan fingerprint density at radius 2 is 0.962 bits per heavy atom. The zero-order chi connectivity index (χ0) is 37.4. The predicted molar refractivity (Wildman–Crippen MR) is 224 cm³/mol. The number of para-hydroxylation sites is 1. The van der Waals surface area contributed by atoms with Gasteiger partial charge in [0.2, 0.25) is 0 Å². The minimum absolute atomic E-state index is 0.0794. The van der Waals surface area contributed by atoms with Crippen molar-refractivity contribution in [3.05, 3.63) is 66.8 Å². The third-order valence-electron chi connectivity index (χ3n) is 9.51. The topological polar surface area (TPSA) is 64.6 Å². The van der Waals surface area contributed by atoms with Crippen molar-refractivity contribution in [1.29, 1.82) is 0 Å². The highest BCUT2D eigenvalue weighted by Crippen LogP contribution is 2.13. The van der Waals surface area contributed by atoms with Crippen molar-refractivity contribution in [3.63, 3.8) is 0 Å². The number of ether oxygens (including phenoxy) is 2. The molecule has 1 atom stereocenters. The van der Waals surface area contributed by atoms with Gasteiger partial charge in [0.05, 0.1) is 6.54 Å². The van der Waals surface area contributed by atoms with Gasteiger partial charge in [-0.05, 0) is 82.8 Å². The van der Waals surface area contributed by atoms with Crippen LogP contribution in [0.4, 0.5) is 5.69 Å². The summed E-state index contributed by atoms with van der Waals surface area (Å²) in [5.74, 6) is -0.431. The van der Waals surface area contributed by atoms with Gasteiger partial charge in [-0.25, -0.2) is 0 Å². The first-order valence-electron chi connectivity index (χ1n) is 21.7. The van der Waals surface area contributed by atoms with Gasteiger partial charge in [0, 0.05) is 18.5 Å². The molecule has 5 heteroatoms. The molecule has 1 N–H and O–H groups in total.